The predicted molar refractivity (Wildman–Crippen MR) is 107 cm³/mol. The summed E-state index contributed by atoms with van der Waals surface area (Å²) in [6.45, 7) is 4.81. The highest BCUT2D eigenvalue weighted by molar-refractivity contribution is 6.21. The number of quaternary nitrogens is 1. The molecule has 6 nitrogen and oxygen atoms in total. The van der Waals surface area contributed by atoms with Crippen molar-refractivity contribution in [1.29, 1.82) is 0 Å². The number of carbonyl (C=O) groups is 3. The second-order valence-electron chi connectivity index (χ2n) is 7.41. The van der Waals surface area contributed by atoms with E-state index in [1.54, 1.807) is 19.1 Å². The Kier molecular flexibility index (Phi) is 4.96. The Hall–Kier alpha value is -2.99. The lowest BCUT2D eigenvalue weighted by molar-refractivity contribution is -0.915. The lowest BCUT2D eigenvalue weighted by atomic mass is 10.1. The van der Waals surface area contributed by atoms with Crippen molar-refractivity contribution in [1.82, 2.24) is 0 Å². The van der Waals surface area contributed by atoms with Crippen molar-refractivity contribution >= 4 is 29.0 Å². The van der Waals surface area contributed by atoms with Crippen LogP contribution in [0.1, 0.15) is 23.7 Å². The first-order valence-electron chi connectivity index (χ1n) is 9.67. The minimum atomic E-state index is -0.296. The number of nitrogens with one attached hydrogen (secondary N) is 1. The van der Waals surface area contributed by atoms with Crippen molar-refractivity contribution in [2.45, 2.75) is 19.4 Å². The second-order valence-corrected chi connectivity index (χ2v) is 7.41. The minimum Gasteiger partial charge on any atom is -0.360 e. The van der Waals surface area contributed by atoms with Crippen LogP contribution in [0.4, 0.5) is 11.4 Å². The van der Waals surface area contributed by atoms with Crippen molar-refractivity contribution in [3.05, 3.63) is 60.2 Å². The number of nitrogens with zero attached hydrogens (tertiary/aromatic N) is 2. The van der Waals surface area contributed by atoms with Gasteiger partial charge in [0.1, 0.15) is 0 Å². The summed E-state index contributed by atoms with van der Waals surface area (Å²) in [6, 6.07) is 16.5. The molecule has 0 spiro atoms. The van der Waals surface area contributed by atoms with E-state index in [2.05, 4.69) is 4.90 Å². The summed E-state index contributed by atoms with van der Waals surface area (Å²) in [4.78, 5) is 41.6. The van der Waals surface area contributed by atoms with E-state index in [9.17, 15) is 14.4 Å². The summed E-state index contributed by atoms with van der Waals surface area (Å²) in [5.74, 6) is -0.144. The molecule has 0 saturated carbocycles. The fourth-order valence-corrected chi connectivity index (χ4v) is 4.11. The molecule has 4 rings (SSSR count). The smallest absolute Gasteiger partial charge is 0.292 e. The number of carbonyl (C=O) groups excluding carboxylic acids is 3. The largest absolute Gasteiger partial charge is 0.360 e. The Labute approximate surface area is 164 Å². The molecule has 0 radical (unpaired) electrons. The number of piperazine rings is 1. The lowest BCUT2D eigenvalue weighted by Gasteiger charge is -2.35. The number of imide groups is 1. The van der Waals surface area contributed by atoms with E-state index in [1.807, 2.05) is 42.5 Å². The molecule has 2 aliphatic rings. The summed E-state index contributed by atoms with van der Waals surface area (Å²) in [5, 5.41) is 0. The third-order valence-electron chi connectivity index (χ3n) is 5.70. The Balaban J connectivity index is 1.40. The van der Waals surface area contributed by atoms with Gasteiger partial charge in [-0.3, -0.25) is 14.4 Å². The van der Waals surface area contributed by atoms with Crippen LogP contribution in [0.15, 0.2) is 54.6 Å². The molecule has 1 atom stereocenters. The van der Waals surface area contributed by atoms with E-state index < -0.39 is 0 Å². The molecule has 0 aliphatic carbocycles. The van der Waals surface area contributed by atoms with Gasteiger partial charge in [-0.15, -0.1) is 0 Å². The molecule has 28 heavy (non-hydrogen) atoms. The van der Waals surface area contributed by atoms with Gasteiger partial charge in [0.15, 0.2) is 11.8 Å². The standard InChI is InChI=1S/C22H23N3O3/c1-16(26)17-7-9-18(10-8-17)23-11-13-24(14-12-23)20-15-21(27)25(22(20)28)19-5-3-2-4-6-19/h2-10,20H,11-15H2,1H3/p+1/t20-/m0/s1. The van der Waals surface area contributed by atoms with Gasteiger partial charge in [-0.1, -0.05) is 18.2 Å². The quantitative estimate of drug-likeness (QED) is 0.635. The molecule has 2 fully saturated rings. The Morgan fingerprint density at radius 1 is 0.929 bits per heavy atom. The fraction of sp³-hybridized carbons (Fsp3) is 0.318. The number of benzene rings is 2. The molecule has 0 unspecified atom stereocenters. The lowest BCUT2D eigenvalue weighted by Crippen LogP contribution is -3.19. The van der Waals surface area contributed by atoms with Gasteiger partial charge in [0, 0.05) is 11.3 Å². The van der Waals surface area contributed by atoms with Gasteiger partial charge in [0.2, 0.25) is 5.91 Å². The molecule has 1 N–H and O–H groups in total. The van der Waals surface area contributed by atoms with E-state index in [4.69, 9.17) is 0 Å². The van der Waals surface area contributed by atoms with Gasteiger partial charge in [-0.25, -0.2) is 4.90 Å². The van der Waals surface area contributed by atoms with Crippen molar-refractivity contribution in [2.24, 2.45) is 0 Å². The molecule has 2 aromatic rings. The number of para-hydroxylation sites is 1. The number of anilines is 2. The number of hydrogen-bond acceptors (Lipinski definition) is 4. The van der Waals surface area contributed by atoms with E-state index in [0.717, 1.165) is 31.9 Å². The first kappa shape index (κ1) is 18.4. The maximum absolute atomic E-state index is 12.9. The molecule has 0 bridgehead atoms. The second kappa shape index (κ2) is 7.56. The van der Waals surface area contributed by atoms with Gasteiger partial charge in [-0.05, 0) is 43.3 Å². The van der Waals surface area contributed by atoms with Gasteiger partial charge < -0.3 is 9.80 Å². The van der Waals surface area contributed by atoms with Crippen molar-refractivity contribution in [2.75, 3.05) is 36.0 Å². The molecule has 0 aromatic heterocycles. The summed E-state index contributed by atoms with van der Waals surface area (Å²) < 4.78 is 0. The Morgan fingerprint density at radius 2 is 1.57 bits per heavy atom. The minimum absolute atomic E-state index is 0.0631. The van der Waals surface area contributed by atoms with Crippen molar-refractivity contribution < 1.29 is 19.3 Å². The molecular weight excluding hydrogens is 354 g/mol. The van der Waals surface area contributed by atoms with Crippen LogP contribution in [-0.2, 0) is 9.59 Å². The monoisotopic (exact) mass is 378 g/mol. The van der Waals surface area contributed by atoms with E-state index in [1.165, 1.54) is 9.80 Å². The third-order valence-corrected chi connectivity index (χ3v) is 5.70. The average Bonchev–Trinajstić information content (AvgIpc) is 3.03. The molecule has 144 valence electrons. The number of rotatable bonds is 4. The van der Waals surface area contributed by atoms with Crippen molar-refractivity contribution in [3.8, 4) is 0 Å². The van der Waals surface area contributed by atoms with Crippen LogP contribution in [0.3, 0.4) is 0 Å². The van der Waals surface area contributed by atoms with Crippen LogP contribution in [0.25, 0.3) is 0 Å². The molecule has 2 amide bonds. The van der Waals surface area contributed by atoms with Crippen LogP contribution in [0, 0.1) is 0 Å². The van der Waals surface area contributed by atoms with Gasteiger partial charge in [0.05, 0.1) is 38.3 Å². The van der Waals surface area contributed by atoms with Crippen LogP contribution in [0.2, 0.25) is 0 Å². The maximum Gasteiger partial charge on any atom is 0.292 e. The normalized spacial score (nSPS) is 20.7. The first-order valence-corrected chi connectivity index (χ1v) is 9.67. The summed E-state index contributed by atoms with van der Waals surface area (Å²) in [7, 11) is 0. The summed E-state index contributed by atoms with van der Waals surface area (Å²) in [5.41, 5.74) is 2.46. The topological polar surface area (TPSA) is 62.1 Å². The Bertz CT molecular complexity index is 887. The highest BCUT2D eigenvalue weighted by Gasteiger charge is 2.46. The predicted octanol–water partition coefficient (Wildman–Crippen LogP) is 0.926. The van der Waals surface area contributed by atoms with E-state index >= 15 is 0 Å². The van der Waals surface area contributed by atoms with Crippen LogP contribution >= 0.6 is 0 Å². The molecule has 6 heteroatoms. The zero-order chi connectivity index (χ0) is 19.7. The average molecular weight is 378 g/mol. The molecule has 2 aromatic carbocycles. The highest BCUT2D eigenvalue weighted by Crippen LogP contribution is 2.22. The summed E-state index contributed by atoms with van der Waals surface area (Å²) in [6.07, 6.45) is 0.274. The maximum atomic E-state index is 12.9. The molecular formula is C22H24N3O3+. The molecule has 2 aliphatic heterocycles. The van der Waals surface area contributed by atoms with Crippen molar-refractivity contribution in [3.63, 3.8) is 0 Å². The number of hydrogen-bond donors (Lipinski definition) is 1. The highest BCUT2D eigenvalue weighted by atomic mass is 16.2. The first-order chi connectivity index (χ1) is 13.5. The number of ketones is 1. The van der Waals surface area contributed by atoms with Crippen LogP contribution in [0.5, 0.6) is 0 Å². The fourth-order valence-electron chi connectivity index (χ4n) is 4.11. The molecule has 2 heterocycles. The SMILES string of the molecule is CC(=O)c1ccc(N2CC[NH+]([C@H]3CC(=O)N(c4ccccc4)C3=O)CC2)cc1. The van der Waals surface area contributed by atoms with E-state index in [-0.39, 0.29) is 30.1 Å². The van der Waals surface area contributed by atoms with Gasteiger partial charge in [-0.2, -0.15) is 0 Å². The van der Waals surface area contributed by atoms with Crippen LogP contribution in [-0.4, -0.2) is 49.8 Å². The van der Waals surface area contributed by atoms with E-state index in [0.29, 0.717) is 11.3 Å². The zero-order valence-electron chi connectivity index (χ0n) is 15.9. The van der Waals surface area contributed by atoms with Crippen LogP contribution < -0.4 is 14.7 Å². The Morgan fingerprint density at radius 3 is 2.18 bits per heavy atom. The summed E-state index contributed by atoms with van der Waals surface area (Å²) >= 11 is 0. The van der Waals surface area contributed by atoms with Gasteiger partial charge >= 0.3 is 0 Å². The number of Topliss-reactive ketones (excluding diaryl/α,β-unsaturated/α-hetero) is 1. The third kappa shape index (κ3) is 3.43. The zero-order valence-corrected chi connectivity index (χ0v) is 15.9. The molecule has 2 saturated heterocycles. The van der Waals surface area contributed by atoms with Gasteiger partial charge in [0.25, 0.3) is 5.91 Å². The number of amides is 2.